The largest absolute Gasteiger partial charge is 0.444 e. The normalized spacial score (nSPS) is 16.6. The number of carbonyl (C=O) groups excluding carboxylic acids is 1. The molecule has 0 radical (unpaired) electrons. The number of amides is 1. The highest BCUT2D eigenvalue weighted by atomic mass is 79.9. The minimum Gasteiger partial charge on any atom is -0.444 e. The van der Waals surface area contributed by atoms with E-state index in [9.17, 15) is 18.0 Å². The fraction of sp³-hybridized carbons (Fsp3) is 0.474. The average Bonchev–Trinajstić information content (AvgIpc) is 2.87. The molecule has 0 atom stereocenters. The van der Waals surface area contributed by atoms with E-state index in [0.29, 0.717) is 28.2 Å². The van der Waals surface area contributed by atoms with Gasteiger partial charge in [-0.2, -0.15) is 4.31 Å². The van der Waals surface area contributed by atoms with Crippen molar-refractivity contribution >= 4 is 42.8 Å². The Kier molecular flexibility index (Phi) is 6.07. The van der Waals surface area contributed by atoms with E-state index >= 15 is 0 Å². The number of nitrogens with one attached hydrogen (secondary N) is 1. The Morgan fingerprint density at radius 1 is 1.14 bits per heavy atom. The van der Waals surface area contributed by atoms with Crippen molar-refractivity contribution in [2.75, 3.05) is 26.2 Å². The molecule has 1 aromatic heterocycles. The lowest BCUT2D eigenvalue weighted by Crippen LogP contribution is -2.40. The Morgan fingerprint density at radius 3 is 2.55 bits per heavy atom. The zero-order valence-electron chi connectivity index (χ0n) is 16.6. The Morgan fingerprint density at radius 2 is 1.86 bits per heavy atom. The van der Waals surface area contributed by atoms with Crippen LogP contribution >= 0.6 is 15.9 Å². The third-order valence-corrected chi connectivity index (χ3v) is 6.98. The highest BCUT2D eigenvalue weighted by Crippen LogP contribution is 2.26. The summed E-state index contributed by atoms with van der Waals surface area (Å²) in [5.41, 5.74) is -0.962. The number of hydrogen-bond donors (Lipinski definition) is 1. The van der Waals surface area contributed by atoms with Gasteiger partial charge in [0, 0.05) is 47.6 Å². The van der Waals surface area contributed by atoms with E-state index in [4.69, 9.17) is 4.74 Å². The summed E-state index contributed by atoms with van der Waals surface area (Å²) in [7, 11) is -3.87. The number of ether oxygens (including phenoxy) is 1. The van der Waals surface area contributed by atoms with Crippen molar-refractivity contribution < 1.29 is 17.9 Å². The molecule has 3 rings (SSSR count). The van der Waals surface area contributed by atoms with Crippen LogP contribution in [-0.2, 0) is 14.8 Å². The van der Waals surface area contributed by atoms with E-state index in [2.05, 4.69) is 20.9 Å². The number of aromatic amines is 1. The first-order valence-electron chi connectivity index (χ1n) is 9.28. The standard InChI is InChI=1S/C19H24BrN3O5S/c1-19(2,3)28-18(25)22-7-4-8-23(10-9-22)29(26,27)16-12-21-17(24)14-6-5-13(20)11-15(14)16/h5-6,11-12H,4,7-10H2,1-3H3,(H,21,24). The van der Waals surface area contributed by atoms with Crippen molar-refractivity contribution in [3.05, 3.63) is 39.2 Å². The maximum atomic E-state index is 13.3. The molecule has 0 spiro atoms. The summed E-state index contributed by atoms with van der Waals surface area (Å²) in [5, 5.41) is 0.663. The molecule has 8 nitrogen and oxygen atoms in total. The molecule has 1 N–H and O–H groups in total. The van der Waals surface area contributed by atoms with Crippen LogP contribution in [0.3, 0.4) is 0 Å². The summed E-state index contributed by atoms with van der Waals surface area (Å²) in [5.74, 6) is 0. The van der Waals surface area contributed by atoms with Gasteiger partial charge in [0.05, 0.1) is 0 Å². The van der Waals surface area contributed by atoms with Gasteiger partial charge >= 0.3 is 6.09 Å². The second kappa shape index (κ2) is 8.08. The zero-order valence-corrected chi connectivity index (χ0v) is 19.0. The van der Waals surface area contributed by atoms with Crippen molar-refractivity contribution in [3.63, 3.8) is 0 Å². The molecular formula is C19H24BrN3O5S. The van der Waals surface area contributed by atoms with Gasteiger partial charge in [-0.25, -0.2) is 13.2 Å². The predicted octanol–water partition coefficient (Wildman–Crippen LogP) is 2.92. The van der Waals surface area contributed by atoms with E-state index < -0.39 is 21.7 Å². The average molecular weight is 486 g/mol. The molecule has 158 valence electrons. The molecule has 1 amide bonds. The van der Waals surface area contributed by atoms with Gasteiger partial charge in [0.15, 0.2) is 0 Å². The lowest BCUT2D eigenvalue weighted by molar-refractivity contribution is 0.0260. The van der Waals surface area contributed by atoms with Gasteiger partial charge in [-0.05, 0) is 45.4 Å². The summed E-state index contributed by atoms with van der Waals surface area (Å²) in [6.45, 7) is 6.45. The van der Waals surface area contributed by atoms with Crippen molar-refractivity contribution in [3.8, 4) is 0 Å². The van der Waals surface area contributed by atoms with E-state index in [1.165, 1.54) is 15.4 Å². The number of hydrogen-bond acceptors (Lipinski definition) is 5. The lowest BCUT2D eigenvalue weighted by Gasteiger charge is -2.26. The fourth-order valence-corrected chi connectivity index (χ4v) is 5.19. The van der Waals surface area contributed by atoms with Crippen molar-refractivity contribution in [2.45, 2.75) is 37.7 Å². The summed E-state index contributed by atoms with van der Waals surface area (Å²) in [6.07, 6.45) is 1.28. The van der Waals surface area contributed by atoms with E-state index in [0.717, 1.165) is 0 Å². The van der Waals surface area contributed by atoms with Gasteiger partial charge in [-0.3, -0.25) is 4.79 Å². The lowest BCUT2D eigenvalue weighted by atomic mass is 10.2. The van der Waals surface area contributed by atoms with Crippen LogP contribution in [0.25, 0.3) is 10.8 Å². The minimum absolute atomic E-state index is 0.0409. The quantitative estimate of drug-likeness (QED) is 0.704. The van der Waals surface area contributed by atoms with Crippen LogP contribution in [0.15, 0.2) is 38.6 Å². The molecule has 2 heterocycles. The van der Waals surface area contributed by atoms with E-state index in [-0.39, 0.29) is 30.1 Å². The van der Waals surface area contributed by atoms with Gasteiger partial charge in [-0.15, -0.1) is 0 Å². The van der Waals surface area contributed by atoms with Gasteiger partial charge in [0.1, 0.15) is 10.5 Å². The van der Waals surface area contributed by atoms with Crippen LogP contribution in [0.4, 0.5) is 4.79 Å². The van der Waals surface area contributed by atoms with Crippen LogP contribution < -0.4 is 5.56 Å². The van der Waals surface area contributed by atoms with Gasteiger partial charge < -0.3 is 14.6 Å². The summed E-state index contributed by atoms with van der Waals surface area (Å²) in [4.78, 5) is 28.5. The molecule has 1 saturated heterocycles. The van der Waals surface area contributed by atoms with Gasteiger partial charge in [0.2, 0.25) is 10.0 Å². The molecule has 10 heteroatoms. The Bertz CT molecular complexity index is 1090. The molecule has 1 fully saturated rings. The topological polar surface area (TPSA) is 99.8 Å². The summed E-state index contributed by atoms with van der Waals surface area (Å²) < 4.78 is 34.1. The SMILES string of the molecule is CC(C)(C)OC(=O)N1CCCN(S(=O)(=O)c2c[nH]c(=O)c3ccc(Br)cc23)CC1. The highest BCUT2D eigenvalue weighted by molar-refractivity contribution is 9.10. The maximum absolute atomic E-state index is 13.3. The third kappa shape index (κ3) is 4.81. The Balaban J connectivity index is 1.89. The molecular weight excluding hydrogens is 462 g/mol. The van der Waals surface area contributed by atoms with Crippen molar-refractivity contribution in [2.24, 2.45) is 0 Å². The summed E-state index contributed by atoms with van der Waals surface area (Å²) >= 11 is 3.34. The second-order valence-corrected chi connectivity index (χ2v) is 10.7. The molecule has 1 aliphatic heterocycles. The first kappa shape index (κ1) is 21.8. The Labute approximate surface area is 178 Å². The van der Waals surface area contributed by atoms with Crippen LogP contribution in [0.2, 0.25) is 0 Å². The number of sulfonamides is 1. The number of benzene rings is 1. The van der Waals surface area contributed by atoms with E-state index in [1.807, 2.05) is 0 Å². The van der Waals surface area contributed by atoms with Crippen LogP contribution in [0, 0.1) is 0 Å². The number of halogens is 1. The number of aromatic nitrogens is 1. The van der Waals surface area contributed by atoms with Gasteiger partial charge in [0.25, 0.3) is 5.56 Å². The van der Waals surface area contributed by atoms with Crippen LogP contribution in [0.5, 0.6) is 0 Å². The molecule has 0 bridgehead atoms. The monoisotopic (exact) mass is 485 g/mol. The Hall–Kier alpha value is -1.91. The number of fused-ring (bicyclic) bond motifs is 1. The third-order valence-electron chi connectivity index (χ3n) is 4.55. The minimum atomic E-state index is -3.87. The maximum Gasteiger partial charge on any atom is 0.410 e. The van der Waals surface area contributed by atoms with Crippen LogP contribution in [0.1, 0.15) is 27.2 Å². The molecule has 0 unspecified atom stereocenters. The zero-order chi connectivity index (χ0) is 21.4. The van der Waals surface area contributed by atoms with Crippen LogP contribution in [-0.4, -0.2) is 60.5 Å². The molecule has 0 saturated carbocycles. The number of rotatable bonds is 2. The van der Waals surface area contributed by atoms with Crippen molar-refractivity contribution in [1.82, 2.24) is 14.2 Å². The smallest absolute Gasteiger partial charge is 0.410 e. The molecule has 2 aromatic rings. The number of H-pyrrole nitrogens is 1. The number of pyridine rings is 1. The molecule has 1 aromatic carbocycles. The molecule has 1 aliphatic rings. The van der Waals surface area contributed by atoms with Gasteiger partial charge in [-0.1, -0.05) is 15.9 Å². The number of nitrogens with zero attached hydrogens (tertiary/aromatic N) is 2. The first-order chi connectivity index (χ1) is 13.5. The first-order valence-corrected chi connectivity index (χ1v) is 11.5. The summed E-state index contributed by atoms with van der Waals surface area (Å²) in [6, 6.07) is 4.91. The second-order valence-electron chi connectivity index (χ2n) is 7.90. The highest BCUT2D eigenvalue weighted by Gasteiger charge is 2.31. The number of carbonyl (C=O) groups is 1. The van der Waals surface area contributed by atoms with E-state index in [1.54, 1.807) is 39.0 Å². The van der Waals surface area contributed by atoms with Crippen molar-refractivity contribution in [1.29, 1.82) is 0 Å². The fourth-order valence-electron chi connectivity index (χ4n) is 3.20. The predicted molar refractivity (Wildman–Crippen MR) is 113 cm³/mol. The molecule has 0 aliphatic carbocycles. The molecule has 29 heavy (non-hydrogen) atoms.